The van der Waals surface area contributed by atoms with Crippen molar-refractivity contribution in [3.63, 3.8) is 0 Å². The van der Waals surface area contributed by atoms with E-state index in [0.29, 0.717) is 17.1 Å². The minimum Gasteiger partial charge on any atom is -0.326 e. The summed E-state index contributed by atoms with van der Waals surface area (Å²) in [4.78, 5) is 36.5. The van der Waals surface area contributed by atoms with Crippen LogP contribution in [0.3, 0.4) is 0 Å². The molecule has 2 amide bonds. The summed E-state index contributed by atoms with van der Waals surface area (Å²) in [6.07, 6.45) is 0. The molecule has 148 valence electrons. The van der Waals surface area contributed by atoms with Crippen molar-refractivity contribution in [3.05, 3.63) is 77.1 Å². The SMILES string of the molecule is CC(=O)Nc1ccc(NC(=O)C(C)(C)n2nc(-c3ccccc3)ccc2=O)cc1. The predicted molar refractivity (Wildman–Crippen MR) is 113 cm³/mol. The second kappa shape index (κ2) is 8.10. The molecule has 1 aromatic heterocycles. The van der Waals surface area contributed by atoms with E-state index in [1.165, 1.54) is 17.7 Å². The van der Waals surface area contributed by atoms with E-state index in [-0.39, 0.29) is 17.4 Å². The van der Waals surface area contributed by atoms with Gasteiger partial charge in [-0.25, -0.2) is 4.68 Å². The van der Waals surface area contributed by atoms with Gasteiger partial charge in [0.05, 0.1) is 5.69 Å². The van der Waals surface area contributed by atoms with Crippen molar-refractivity contribution < 1.29 is 9.59 Å². The first-order valence-electron chi connectivity index (χ1n) is 9.13. The van der Waals surface area contributed by atoms with E-state index in [4.69, 9.17) is 0 Å². The summed E-state index contributed by atoms with van der Waals surface area (Å²) >= 11 is 0. The van der Waals surface area contributed by atoms with E-state index >= 15 is 0 Å². The molecule has 3 rings (SSSR count). The zero-order valence-corrected chi connectivity index (χ0v) is 16.5. The molecular weight excluding hydrogens is 368 g/mol. The summed E-state index contributed by atoms with van der Waals surface area (Å²) in [6, 6.07) is 19.2. The van der Waals surface area contributed by atoms with E-state index in [2.05, 4.69) is 15.7 Å². The topological polar surface area (TPSA) is 93.1 Å². The molecule has 0 aliphatic rings. The monoisotopic (exact) mass is 390 g/mol. The van der Waals surface area contributed by atoms with Crippen LogP contribution in [0.5, 0.6) is 0 Å². The molecule has 3 aromatic rings. The maximum Gasteiger partial charge on any atom is 0.267 e. The average molecular weight is 390 g/mol. The van der Waals surface area contributed by atoms with Crippen LogP contribution in [0.15, 0.2) is 71.5 Å². The van der Waals surface area contributed by atoms with Gasteiger partial charge in [-0.1, -0.05) is 30.3 Å². The van der Waals surface area contributed by atoms with Gasteiger partial charge < -0.3 is 10.6 Å². The summed E-state index contributed by atoms with van der Waals surface area (Å²) in [5.41, 5.74) is 1.04. The zero-order chi connectivity index (χ0) is 21.0. The quantitative estimate of drug-likeness (QED) is 0.699. The Morgan fingerprint density at radius 1 is 0.862 bits per heavy atom. The summed E-state index contributed by atoms with van der Waals surface area (Å²) < 4.78 is 1.19. The molecule has 1 heterocycles. The highest BCUT2D eigenvalue weighted by Gasteiger charge is 2.32. The summed E-state index contributed by atoms with van der Waals surface area (Å²) in [7, 11) is 0. The molecule has 0 atom stereocenters. The Morgan fingerprint density at radius 3 is 2.03 bits per heavy atom. The third kappa shape index (κ3) is 4.57. The summed E-state index contributed by atoms with van der Waals surface area (Å²) in [5.74, 6) is -0.559. The second-order valence-electron chi connectivity index (χ2n) is 7.11. The molecule has 0 saturated heterocycles. The molecular formula is C22H22N4O3. The lowest BCUT2D eigenvalue weighted by molar-refractivity contribution is -0.123. The highest BCUT2D eigenvalue weighted by molar-refractivity contribution is 5.96. The molecule has 7 nitrogen and oxygen atoms in total. The van der Waals surface area contributed by atoms with Gasteiger partial charge in [-0.05, 0) is 44.2 Å². The van der Waals surface area contributed by atoms with Gasteiger partial charge in [-0.3, -0.25) is 14.4 Å². The molecule has 0 fully saturated rings. The maximum atomic E-state index is 12.9. The van der Waals surface area contributed by atoms with Crippen molar-refractivity contribution in [2.24, 2.45) is 0 Å². The Kier molecular flexibility index (Phi) is 5.59. The van der Waals surface area contributed by atoms with Crippen LogP contribution in [0.1, 0.15) is 20.8 Å². The number of benzene rings is 2. The van der Waals surface area contributed by atoms with Gasteiger partial charge in [0.15, 0.2) is 0 Å². The van der Waals surface area contributed by atoms with Crippen molar-refractivity contribution in [2.45, 2.75) is 26.3 Å². The fourth-order valence-corrected chi connectivity index (χ4v) is 2.79. The van der Waals surface area contributed by atoms with E-state index in [9.17, 15) is 14.4 Å². The van der Waals surface area contributed by atoms with Crippen LogP contribution in [-0.2, 0) is 15.1 Å². The van der Waals surface area contributed by atoms with E-state index in [0.717, 1.165) is 5.56 Å². The number of anilines is 2. The predicted octanol–water partition coefficient (Wildman–Crippen LogP) is 3.24. The Labute approximate surface area is 168 Å². The van der Waals surface area contributed by atoms with Gasteiger partial charge in [0.25, 0.3) is 11.5 Å². The fourth-order valence-electron chi connectivity index (χ4n) is 2.79. The number of hydrogen-bond acceptors (Lipinski definition) is 4. The third-order valence-corrected chi connectivity index (χ3v) is 4.42. The van der Waals surface area contributed by atoms with Gasteiger partial charge in [0, 0.05) is 29.9 Å². The molecule has 0 saturated carbocycles. The Hall–Kier alpha value is -3.74. The molecule has 29 heavy (non-hydrogen) atoms. The number of aromatic nitrogens is 2. The largest absolute Gasteiger partial charge is 0.326 e. The van der Waals surface area contributed by atoms with Crippen LogP contribution >= 0.6 is 0 Å². The minimum absolute atomic E-state index is 0.174. The lowest BCUT2D eigenvalue weighted by Crippen LogP contribution is -2.47. The molecule has 0 aliphatic carbocycles. The lowest BCUT2D eigenvalue weighted by Gasteiger charge is -2.25. The standard InChI is InChI=1S/C22H22N4O3/c1-15(27)23-17-9-11-18(12-10-17)24-21(29)22(2,3)26-20(28)14-13-19(25-26)16-7-5-4-6-8-16/h4-14H,1-3H3,(H,23,27)(H,24,29). The molecule has 0 bridgehead atoms. The van der Waals surface area contributed by atoms with Crippen LogP contribution in [0, 0.1) is 0 Å². The number of carbonyl (C=O) groups is 2. The molecule has 2 aromatic carbocycles. The summed E-state index contributed by atoms with van der Waals surface area (Å²) in [6.45, 7) is 4.70. The van der Waals surface area contributed by atoms with E-state index in [1.807, 2.05) is 30.3 Å². The van der Waals surface area contributed by atoms with Crippen molar-refractivity contribution in [2.75, 3.05) is 10.6 Å². The molecule has 0 aliphatic heterocycles. The van der Waals surface area contributed by atoms with Gasteiger partial charge in [0.1, 0.15) is 5.54 Å². The Bertz CT molecular complexity index is 1090. The first-order chi connectivity index (χ1) is 13.8. The van der Waals surface area contributed by atoms with Crippen LogP contribution in [0.4, 0.5) is 11.4 Å². The van der Waals surface area contributed by atoms with Gasteiger partial charge in [-0.2, -0.15) is 5.10 Å². The number of carbonyl (C=O) groups excluding carboxylic acids is 2. The Balaban J connectivity index is 1.85. The van der Waals surface area contributed by atoms with Crippen molar-refractivity contribution in [1.82, 2.24) is 9.78 Å². The summed E-state index contributed by atoms with van der Waals surface area (Å²) in [5, 5.41) is 9.88. The molecule has 0 spiro atoms. The average Bonchev–Trinajstić information content (AvgIpc) is 2.70. The number of hydrogen-bond donors (Lipinski definition) is 2. The van der Waals surface area contributed by atoms with Crippen LogP contribution in [0.25, 0.3) is 11.3 Å². The van der Waals surface area contributed by atoms with E-state index < -0.39 is 5.54 Å². The molecule has 7 heteroatoms. The second-order valence-corrected chi connectivity index (χ2v) is 7.11. The smallest absolute Gasteiger partial charge is 0.267 e. The Morgan fingerprint density at radius 2 is 1.45 bits per heavy atom. The van der Waals surface area contributed by atoms with Crippen LogP contribution in [-0.4, -0.2) is 21.6 Å². The lowest BCUT2D eigenvalue weighted by atomic mass is 10.0. The van der Waals surface area contributed by atoms with Crippen LogP contribution in [0.2, 0.25) is 0 Å². The van der Waals surface area contributed by atoms with Crippen molar-refractivity contribution in [3.8, 4) is 11.3 Å². The van der Waals surface area contributed by atoms with Gasteiger partial charge in [-0.15, -0.1) is 0 Å². The highest BCUT2D eigenvalue weighted by atomic mass is 16.2. The molecule has 0 unspecified atom stereocenters. The minimum atomic E-state index is -1.22. The molecule has 2 N–H and O–H groups in total. The highest BCUT2D eigenvalue weighted by Crippen LogP contribution is 2.20. The number of amides is 2. The number of nitrogens with zero attached hydrogens (tertiary/aromatic N) is 2. The maximum absolute atomic E-state index is 12.9. The molecule has 0 radical (unpaired) electrons. The third-order valence-electron chi connectivity index (χ3n) is 4.42. The van der Waals surface area contributed by atoms with Crippen molar-refractivity contribution >= 4 is 23.2 Å². The van der Waals surface area contributed by atoms with Gasteiger partial charge >= 0.3 is 0 Å². The normalized spacial score (nSPS) is 11.0. The first kappa shape index (κ1) is 20.0. The first-order valence-corrected chi connectivity index (χ1v) is 9.13. The fraction of sp³-hybridized carbons (Fsp3) is 0.182. The van der Waals surface area contributed by atoms with Crippen molar-refractivity contribution in [1.29, 1.82) is 0 Å². The van der Waals surface area contributed by atoms with Gasteiger partial charge in [0.2, 0.25) is 5.91 Å². The van der Waals surface area contributed by atoms with E-state index in [1.54, 1.807) is 44.2 Å². The number of nitrogens with one attached hydrogen (secondary N) is 2. The zero-order valence-electron chi connectivity index (χ0n) is 16.5. The number of rotatable bonds is 5. The van der Waals surface area contributed by atoms with Crippen LogP contribution < -0.4 is 16.2 Å².